The van der Waals surface area contributed by atoms with Gasteiger partial charge < -0.3 is 5.11 Å². The Balaban J connectivity index is 2.94. The maximum atomic E-state index is 9.37. The van der Waals surface area contributed by atoms with E-state index in [-0.39, 0.29) is 6.61 Å². The molecule has 0 spiro atoms. The van der Waals surface area contributed by atoms with Crippen LogP contribution in [-0.2, 0) is 4.79 Å². The van der Waals surface area contributed by atoms with Gasteiger partial charge in [0.1, 0.15) is 6.29 Å². The van der Waals surface area contributed by atoms with Gasteiger partial charge in [-0.3, -0.25) is 4.79 Å². The van der Waals surface area contributed by atoms with E-state index in [0.29, 0.717) is 6.29 Å². The summed E-state index contributed by atoms with van der Waals surface area (Å²) in [6.07, 6.45) is 3.24. The van der Waals surface area contributed by atoms with E-state index in [1.165, 1.54) is 12.2 Å². The van der Waals surface area contributed by atoms with Crippen molar-refractivity contribution in [3.63, 3.8) is 0 Å². The molecule has 2 heteroatoms. The Morgan fingerprint density at radius 3 is 2.50 bits per heavy atom. The molecular formula is C4H6O2. The van der Waals surface area contributed by atoms with Gasteiger partial charge in [-0.15, -0.1) is 0 Å². The molecule has 34 valence electrons. The molecule has 1 N–H and O–H groups in total. The summed E-state index contributed by atoms with van der Waals surface area (Å²) in [5.74, 6) is 0. The molecule has 0 bridgehead atoms. The van der Waals surface area contributed by atoms with Crippen LogP contribution in [0.5, 0.6) is 0 Å². The van der Waals surface area contributed by atoms with E-state index in [1.807, 2.05) is 0 Å². The number of aliphatic hydroxyl groups excluding tert-OH is 1. The van der Waals surface area contributed by atoms with Gasteiger partial charge in [0, 0.05) is 0 Å². The van der Waals surface area contributed by atoms with E-state index < -0.39 is 0 Å². The van der Waals surface area contributed by atoms with Crippen molar-refractivity contribution < 1.29 is 9.90 Å². The van der Waals surface area contributed by atoms with E-state index in [4.69, 9.17) is 5.11 Å². The van der Waals surface area contributed by atoms with Gasteiger partial charge in [-0.25, -0.2) is 0 Å². The molecule has 0 unspecified atom stereocenters. The number of carbonyl (C=O) groups is 1. The molecule has 0 saturated heterocycles. The minimum atomic E-state index is -0.0568. The number of aldehydes is 1. The van der Waals surface area contributed by atoms with Gasteiger partial charge in [0.15, 0.2) is 0 Å². The first-order chi connectivity index (χ1) is 2.91. The summed E-state index contributed by atoms with van der Waals surface area (Å²) >= 11 is 0. The molecule has 0 aromatic carbocycles. The summed E-state index contributed by atoms with van der Waals surface area (Å²) in [5, 5.41) is 7.95. The second-order valence-corrected chi connectivity index (χ2v) is 0.747. The molecule has 0 aliphatic rings. The van der Waals surface area contributed by atoms with Crippen LogP contribution in [0.3, 0.4) is 0 Å². The van der Waals surface area contributed by atoms with E-state index in [2.05, 4.69) is 0 Å². The molecule has 6 heavy (non-hydrogen) atoms. The van der Waals surface area contributed by atoms with Crippen LogP contribution in [0.2, 0.25) is 0 Å². The lowest BCUT2D eigenvalue weighted by Gasteiger charge is -1.66. The predicted molar refractivity (Wildman–Crippen MR) is 22.3 cm³/mol. The van der Waals surface area contributed by atoms with Crippen molar-refractivity contribution in [1.82, 2.24) is 0 Å². The Hall–Kier alpha value is -0.630. The van der Waals surface area contributed by atoms with Crippen LogP contribution in [0.25, 0.3) is 0 Å². The van der Waals surface area contributed by atoms with Crippen LogP contribution in [0, 0.1) is 0 Å². The van der Waals surface area contributed by atoms with Gasteiger partial charge >= 0.3 is 0 Å². The molecule has 0 aliphatic heterocycles. The Morgan fingerprint density at radius 2 is 2.33 bits per heavy atom. The first-order valence-electron chi connectivity index (χ1n) is 1.63. The number of rotatable bonds is 2. The molecule has 2 nitrogen and oxygen atoms in total. The maximum Gasteiger partial charge on any atom is 0.142 e. The van der Waals surface area contributed by atoms with Gasteiger partial charge in [-0.1, -0.05) is 6.08 Å². The number of carbonyl (C=O) groups excluding carboxylic acids is 1. The fourth-order valence-corrected chi connectivity index (χ4v) is 0.116. The molecule has 0 atom stereocenters. The Morgan fingerprint density at radius 1 is 1.67 bits per heavy atom. The lowest BCUT2D eigenvalue weighted by molar-refractivity contribution is -0.104. The summed E-state index contributed by atoms with van der Waals surface area (Å²) in [7, 11) is 0. The third-order valence-corrected chi connectivity index (χ3v) is 0.320. The first kappa shape index (κ1) is 5.37. The Kier molecular flexibility index (Phi) is 3.91. The van der Waals surface area contributed by atoms with Crippen molar-refractivity contribution in [2.45, 2.75) is 0 Å². The lowest BCUT2D eigenvalue weighted by Crippen LogP contribution is -1.69. The quantitative estimate of drug-likeness (QED) is 0.371. The normalized spacial score (nSPS) is 9.50. The molecule has 0 aliphatic carbocycles. The van der Waals surface area contributed by atoms with Crippen molar-refractivity contribution in [3.8, 4) is 0 Å². The average molecular weight is 86.1 g/mol. The standard InChI is InChI=1S/C4H6O2/c5-3-1-2-4-6/h1-3,6H,4H2. The van der Waals surface area contributed by atoms with Crippen LogP contribution < -0.4 is 0 Å². The van der Waals surface area contributed by atoms with E-state index in [9.17, 15) is 4.79 Å². The highest BCUT2D eigenvalue weighted by Gasteiger charge is 1.59. The van der Waals surface area contributed by atoms with Gasteiger partial charge in [0.25, 0.3) is 0 Å². The minimum Gasteiger partial charge on any atom is -0.392 e. The molecule has 0 saturated carbocycles. The van der Waals surface area contributed by atoms with Crippen LogP contribution in [0.15, 0.2) is 12.2 Å². The number of allylic oxidation sites excluding steroid dienone is 1. The third-order valence-electron chi connectivity index (χ3n) is 0.320. The zero-order valence-corrected chi connectivity index (χ0v) is 3.29. The molecular weight excluding hydrogens is 80.0 g/mol. The van der Waals surface area contributed by atoms with Crippen molar-refractivity contribution in [1.29, 1.82) is 0 Å². The predicted octanol–water partition coefficient (Wildman–Crippen LogP) is -0.266. The largest absolute Gasteiger partial charge is 0.392 e. The van der Waals surface area contributed by atoms with E-state index >= 15 is 0 Å². The van der Waals surface area contributed by atoms with Crippen molar-refractivity contribution >= 4 is 6.29 Å². The molecule has 0 radical (unpaired) electrons. The van der Waals surface area contributed by atoms with Crippen molar-refractivity contribution in [2.24, 2.45) is 0 Å². The van der Waals surface area contributed by atoms with Gasteiger partial charge in [0.05, 0.1) is 6.61 Å². The third kappa shape index (κ3) is 3.37. The monoisotopic (exact) mass is 86.0 g/mol. The lowest BCUT2D eigenvalue weighted by atomic mass is 10.5. The maximum absolute atomic E-state index is 9.37. The fraction of sp³-hybridized carbons (Fsp3) is 0.250. The van der Waals surface area contributed by atoms with Crippen molar-refractivity contribution in [2.75, 3.05) is 6.61 Å². The second-order valence-electron chi connectivity index (χ2n) is 0.747. The van der Waals surface area contributed by atoms with E-state index in [0.717, 1.165) is 0 Å². The highest BCUT2D eigenvalue weighted by Crippen LogP contribution is 1.59. The molecule has 0 amide bonds. The highest BCUT2D eigenvalue weighted by molar-refractivity contribution is 5.64. The van der Waals surface area contributed by atoms with Crippen molar-refractivity contribution in [3.05, 3.63) is 12.2 Å². The average Bonchev–Trinajstić information content (AvgIpc) is 1.61. The molecule has 0 aromatic rings. The number of aliphatic hydroxyl groups is 1. The van der Waals surface area contributed by atoms with Crippen LogP contribution in [-0.4, -0.2) is 18.0 Å². The van der Waals surface area contributed by atoms with E-state index in [1.54, 1.807) is 0 Å². The first-order valence-corrected chi connectivity index (χ1v) is 1.63. The minimum absolute atomic E-state index is 0.0568. The van der Waals surface area contributed by atoms with Crippen LogP contribution in [0.1, 0.15) is 0 Å². The summed E-state index contributed by atoms with van der Waals surface area (Å²) < 4.78 is 0. The Bertz CT molecular complexity index is 56.6. The summed E-state index contributed by atoms with van der Waals surface area (Å²) in [5.41, 5.74) is 0. The molecule has 0 heterocycles. The van der Waals surface area contributed by atoms with Crippen LogP contribution >= 0.6 is 0 Å². The highest BCUT2D eigenvalue weighted by atomic mass is 16.2. The van der Waals surface area contributed by atoms with Gasteiger partial charge in [-0.05, 0) is 6.08 Å². The smallest absolute Gasteiger partial charge is 0.142 e. The summed E-state index contributed by atoms with van der Waals surface area (Å²) in [6, 6.07) is 0. The molecule has 0 aromatic heterocycles. The Labute approximate surface area is 36.1 Å². The molecule has 0 rings (SSSR count). The topological polar surface area (TPSA) is 37.3 Å². The number of hydrogen-bond acceptors (Lipinski definition) is 2. The summed E-state index contributed by atoms with van der Waals surface area (Å²) in [4.78, 5) is 9.37. The summed E-state index contributed by atoms with van der Waals surface area (Å²) in [6.45, 7) is -0.0568. The molecule has 0 fully saturated rings. The SMILES string of the molecule is O=CC=CCO. The zero-order valence-electron chi connectivity index (χ0n) is 3.29. The fourth-order valence-electron chi connectivity index (χ4n) is 0.116. The second kappa shape index (κ2) is 4.37. The zero-order chi connectivity index (χ0) is 4.83. The number of hydrogen-bond donors (Lipinski definition) is 1. The van der Waals surface area contributed by atoms with Gasteiger partial charge in [0.2, 0.25) is 0 Å². The van der Waals surface area contributed by atoms with Gasteiger partial charge in [-0.2, -0.15) is 0 Å². The van der Waals surface area contributed by atoms with Crippen LogP contribution in [0.4, 0.5) is 0 Å².